The van der Waals surface area contributed by atoms with Crippen LogP contribution in [0.4, 0.5) is 10.2 Å². The highest BCUT2D eigenvalue weighted by Crippen LogP contribution is 2.09. The van der Waals surface area contributed by atoms with Gasteiger partial charge >= 0.3 is 0 Å². The van der Waals surface area contributed by atoms with Crippen molar-refractivity contribution in [2.24, 2.45) is 0 Å². The summed E-state index contributed by atoms with van der Waals surface area (Å²) < 4.78 is 12.5. The number of nitrogens with zero attached hydrogens (tertiary/aromatic N) is 1. The van der Waals surface area contributed by atoms with Crippen LogP contribution in [0.1, 0.15) is 13.3 Å². The molecule has 1 rings (SSSR count). The van der Waals surface area contributed by atoms with Crippen molar-refractivity contribution < 1.29 is 9.18 Å². The smallest absolute Gasteiger partial charge is 0.239 e. The first-order valence-electron chi connectivity index (χ1n) is 6.11. The van der Waals surface area contributed by atoms with Crippen LogP contribution >= 0.6 is 11.6 Å². The van der Waals surface area contributed by atoms with Crippen molar-refractivity contribution in [2.45, 2.75) is 13.3 Å². The van der Waals surface area contributed by atoms with E-state index in [1.165, 1.54) is 12.3 Å². The van der Waals surface area contributed by atoms with Crippen LogP contribution in [0.3, 0.4) is 0 Å². The zero-order valence-corrected chi connectivity index (χ0v) is 12.0. The molecular formula is C14H17ClFN3O. The lowest BCUT2D eigenvalue weighted by Crippen LogP contribution is -2.29. The minimum Gasteiger partial charge on any atom is -0.310 e. The number of rotatable bonds is 7. The zero-order chi connectivity index (χ0) is 15.0. The Morgan fingerprint density at radius 3 is 2.90 bits per heavy atom. The lowest BCUT2D eigenvalue weighted by Gasteiger charge is -2.06. The number of allylic oxidation sites excluding steroid dienone is 2. The molecule has 20 heavy (non-hydrogen) atoms. The van der Waals surface area contributed by atoms with Gasteiger partial charge in [0.2, 0.25) is 5.91 Å². The predicted octanol–water partition coefficient (Wildman–Crippen LogP) is 3.08. The molecule has 0 aliphatic heterocycles. The van der Waals surface area contributed by atoms with Gasteiger partial charge in [-0.15, -0.1) is 0 Å². The number of nitrogens with one attached hydrogen (secondary N) is 2. The van der Waals surface area contributed by atoms with Gasteiger partial charge in [0.05, 0.1) is 11.6 Å². The number of carbonyl (C=O) groups is 1. The average Bonchev–Trinajstić information content (AvgIpc) is 2.37. The molecule has 0 atom stereocenters. The predicted molar refractivity (Wildman–Crippen MR) is 79.4 cm³/mol. The fourth-order valence-electron chi connectivity index (χ4n) is 1.46. The lowest BCUT2D eigenvalue weighted by atomic mass is 10.2. The molecule has 0 saturated heterocycles. The van der Waals surface area contributed by atoms with E-state index in [1.54, 1.807) is 12.1 Å². The van der Waals surface area contributed by atoms with Gasteiger partial charge in [0.25, 0.3) is 0 Å². The van der Waals surface area contributed by atoms with E-state index in [0.29, 0.717) is 23.8 Å². The third-order valence-electron chi connectivity index (χ3n) is 2.38. The fraction of sp³-hybridized carbons (Fsp3) is 0.286. The van der Waals surface area contributed by atoms with Gasteiger partial charge in [0.15, 0.2) is 0 Å². The molecule has 1 heterocycles. The van der Waals surface area contributed by atoms with Crippen LogP contribution in [-0.4, -0.2) is 24.0 Å². The molecule has 0 spiro atoms. The molecule has 0 aliphatic carbocycles. The topological polar surface area (TPSA) is 54.0 Å². The number of pyridine rings is 1. The summed E-state index contributed by atoms with van der Waals surface area (Å²) in [5, 5.41) is 6.10. The minimum absolute atomic E-state index is 0.161. The Bertz CT molecular complexity index is 500. The molecule has 1 aromatic heterocycles. The Labute approximate surface area is 122 Å². The molecule has 0 bridgehead atoms. The fourth-order valence-corrected chi connectivity index (χ4v) is 1.58. The molecule has 1 aromatic rings. The number of carbonyl (C=O) groups excluding carboxylic acids is 1. The van der Waals surface area contributed by atoms with Gasteiger partial charge in [-0.3, -0.25) is 4.79 Å². The second-order valence-electron chi connectivity index (χ2n) is 4.27. The third kappa shape index (κ3) is 7.01. The summed E-state index contributed by atoms with van der Waals surface area (Å²) in [4.78, 5) is 15.5. The van der Waals surface area contributed by atoms with E-state index in [1.807, 2.05) is 6.92 Å². The van der Waals surface area contributed by atoms with E-state index in [2.05, 4.69) is 22.2 Å². The summed E-state index contributed by atoms with van der Waals surface area (Å²) in [7, 11) is 0. The first kappa shape index (κ1) is 16.3. The van der Waals surface area contributed by atoms with E-state index >= 15 is 0 Å². The van der Waals surface area contributed by atoms with Crippen LogP contribution in [0.2, 0.25) is 5.02 Å². The molecule has 108 valence electrons. The Balaban J connectivity index is 2.24. The Morgan fingerprint density at radius 2 is 2.30 bits per heavy atom. The molecule has 0 aromatic carbocycles. The second kappa shape index (κ2) is 8.45. The highest BCUT2D eigenvalue weighted by atomic mass is 35.5. The maximum absolute atomic E-state index is 12.5. The minimum atomic E-state index is -0.464. The zero-order valence-electron chi connectivity index (χ0n) is 11.2. The molecule has 2 N–H and O–H groups in total. The van der Waals surface area contributed by atoms with Gasteiger partial charge < -0.3 is 10.6 Å². The van der Waals surface area contributed by atoms with Gasteiger partial charge in [-0.2, -0.15) is 0 Å². The van der Waals surface area contributed by atoms with Gasteiger partial charge in [-0.1, -0.05) is 23.8 Å². The van der Waals surface area contributed by atoms with E-state index < -0.39 is 5.83 Å². The highest BCUT2D eigenvalue weighted by Gasteiger charge is 2.02. The van der Waals surface area contributed by atoms with Crippen molar-refractivity contribution in [3.63, 3.8) is 0 Å². The summed E-state index contributed by atoms with van der Waals surface area (Å²) in [6.07, 6.45) is 3.48. The van der Waals surface area contributed by atoms with Crippen LogP contribution in [0.25, 0.3) is 0 Å². The largest absolute Gasteiger partial charge is 0.310 e. The molecule has 0 saturated carbocycles. The molecule has 0 radical (unpaired) electrons. The van der Waals surface area contributed by atoms with Crippen LogP contribution in [0.5, 0.6) is 0 Å². The average molecular weight is 298 g/mol. The molecule has 0 fully saturated rings. The van der Waals surface area contributed by atoms with Crippen molar-refractivity contribution in [3.05, 3.63) is 47.4 Å². The molecular weight excluding hydrogens is 281 g/mol. The van der Waals surface area contributed by atoms with Crippen molar-refractivity contribution in [3.8, 4) is 0 Å². The first-order valence-corrected chi connectivity index (χ1v) is 6.49. The van der Waals surface area contributed by atoms with Crippen molar-refractivity contribution >= 4 is 23.3 Å². The van der Waals surface area contributed by atoms with Gasteiger partial charge in [-0.05, 0) is 38.1 Å². The van der Waals surface area contributed by atoms with Crippen LogP contribution in [0, 0.1) is 0 Å². The molecule has 0 aliphatic rings. The van der Waals surface area contributed by atoms with Gasteiger partial charge in [0.1, 0.15) is 11.6 Å². The summed E-state index contributed by atoms with van der Waals surface area (Å²) >= 11 is 5.69. The third-order valence-corrected chi connectivity index (χ3v) is 2.60. The summed E-state index contributed by atoms with van der Waals surface area (Å²) in [5.74, 6) is -0.212. The van der Waals surface area contributed by atoms with Crippen molar-refractivity contribution in [1.82, 2.24) is 10.3 Å². The lowest BCUT2D eigenvalue weighted by molar-refractivity contribution is -0.115. The first-order chi connectivity index (χ1) is 9.47. The van der Waals surface area contributed by atoms with Crippen LogP contribution in [0.15, 0.2) is 42.4 Å². The van der Waals surface area contributed by atoms with Crippen LogP contribution in [-0.2, 0) is 4.79 Å². The van der Waals surface area contributed by atoms with Crippen LogP contribution < -0.4 is 10.6 Å². The normalized spacial score (nSPS) is 11.2. The molecule has 6 heteroatoms. The molecule has 4 nitrogen and oxygen atoms in total. The Morgan fingerprint density at radius 1 is 1.55 bits per heavy atom. The molecule has 0 unspecified atom stereocenters. The second-order valence-corrected chi connectivity index (χ2v) is 4.71. The number of hydrogen-bond acceptors (Lipinski definition) is 3. The number of amides is 1. The number of aromatic nitrogens is 1. The number of hydrogen-bond donors (Lipinski definition) is 2. The molecule has 1 amide bonds. The summed E-state index contributed by atoms with van der Waals surface area (Å²) in [5.41, 5.74) is 0.866. The number of anilines is 1. The maximum Gasteiger partial charge on any atom is 0.239 e. The Hall–Kier alpha value is -1.72. The quantitative estimate of drug-likeness (QED) is 0.601. The Kier molecular flexibility index (Phi) is 6.90. The summed E-state index contributed by atoms with van der Waals surface area (Å²) in [6, 6.07) is 3.27. The highest BCUT2D eigenvalue weighted by molar-refractivity contribution is 6.30. The van der Waals surface area contributed by atoms with E-state index in [0.717, 1.165) is 5.57 Å². The standard InChI is InChI=1S/C14H17ClFN3O/c1-10(7-11(2)16)5-6-17-9-14(20)19-13-4-3-12(15)8-18-13/h3-4,7-8,17H,2,5-6,9H2,1H3,(H,18,19,20)/b10-7+. The van der Waals surface area contributed by atoms with E-state index in [4.69, 9.17) is 11.6 Å². The SMILES string of the molecule is C=C(F)/C=C(\C)CCNCC(=O)Nc1ccc(Cl)cn1. The summed E-state index contributed by atoms with van der Waals surface area (Å²) in [6.45, 7) is 5.71. The number of halogens is 2. The monoisotopic (exact) mass is 297 g/mol. The van der Waals surface area contributed by atoms with Crippen molar-refractivity contribution in [1.29, 1.82) is 0 Å². The maximum atomic E-state index is 12.5. The van der Waals surface area contributed by atoms with Gasteiger partial charge in [0, 0.05) is 6.20 Å². The van der Waals surface area contributed by atoms with Crippen molar-refractivity contribution in [2.75, 3.05) is 18.4 Å². The van der Waals surface area contributed by atoms with E-state index in [9.17, 15) is 9.18 Å². The van der Waals surface area contributed by atoms with E-state index in [-0.39, 0.29) is 12.5 Å². The van der Waals surface area contributed by atoms with Gasteiger partial charge in [-0.25, -0.2) is 9.37 Å².